The lowest BCUT2D eigenvalue weighted by Gasteiger charge is -2.37. The van der Waals surface area contributed by atoms with Gasteiger partial charge in [-0.3, -0.25) is 0 Å². The third kappa shape index (κ3) is 6.66. The van der Waals surface area contributed by atoms with E-state index in [1.165, 1.54) is 6.26 Å². The van der Waals surface area contributed by atoms with E-state index in [2.05, 4.69) is 33.0 Å². The van der Waals surface area contributed by atoms with Crippen LogP contribution in [0.2, 0.25) is 0 Å². The van der Waals surface area contributed by atoms with Crippen molar-refractivity contribution < 1.29 is 8.42 Å². The molecule has 1 rings (SSSR count). The molecule has 1 heterocycles. The summed E-state index contributed by atoms with van der Waals surface area (Å²) in [6, 6.07) is 0. The molecule has 0 spiro atoms. The van der Waals surface area contributed by atoms with Crippen LogP contribution in [0.15, 0.2) is 0 Å². The van der Waals surface area contributed by atoms with Crippen LogP contribution >= 0.6 is 0 Å². The number of piperidine rings is 1. The molecular formula is C16H34N2O2S. The summed E-state index contributed by atoms with van der Waals surface area (Å²) < 4.78 is 25.1. The number of hydrogen-bond acceptors (Lipinski definition) is 3. The molecule has 0 aromatic carbocycles. The first-order valence-electron chi connectivity index (χ1n) is 8.32. The molecule has 2 unspecified atom stereocenters. The van der Waals surface area contributed by atoms with Crippen LogP contribution in [-0.2, 0) is 10.0 Å². The fourth-order valence-corrected chi connectivity index (χ4v) is 4.14. The first kappa shape index (κ1) is 18.9. The van der Waals surface area contributed by atoms with E-state index in [4.69, 9.17) is 0 Å². The highest BCUT2D eigenvalue weighted by molar-refractivity contribution is 7.88. The van der Waals surface area contributed by atoms with E-state index in [0.29, 0.717) is 24.9 Å². The Labute approximate surface area is 131 Å². The maximum absolute atomic E-state index is 11.7. The van der Waals surface area contributed by atoms with Gasteiger partial charge in [-0.25, -0.2) is 12.7 Å². The van der Waals surface area contributed by atoms with Gasteiger partial charge < -0.3 is 5.32 Å². The molecule has 1 fully saturated rings. The van der Waals surface area contributed by atoms with Gasteiger partial charge in [0.1, 0.15) is 0 Å². The van der Waals surface area contributed by atoms with Crippen LogP contribution in [0, 0.1) is 17.3 Å². The highest BCUT2D eigenvalue weighted by Crippen LogP contribution is 2.33. The molecular weight excluding hydrogens is 284 g/mol. The lowest BCUT2D eigenvalue weighted by Crippen LogP contribution is -2.42. The summed E-state index contributed by atoms with van der Waals surface area (Å²) in [7, 11) is -3.03. The molecule has 0 aromatic heterocycles. The highest BCUT2D eigenvalue weighted by atomic mass is 32.2. The first-order chi connectivity index (χ1) is 9.66. The van der Waals surface area contributed by atoms with Gasteiger partial charge in [-0.15, -0.1) is 0 Å². The van der Waals surface area contributed by atoms with Crippen molar-refractivity contribution in [3.63, 3.8) is 0 Å². The molecule has 126 valence electrons. The molecule has 1 N–H and O–H groups in total. The molecule has 0 amide bonds. The molecule has 0 radical (unpaired) electrons. The van der Waals surface area contributed by atoms with Crippen molar-refractivity contribution in [1.29, 1.82) is 0 Å². The zero-order valence-corrected chi connectivity index (χ0v) is 15.3. The van der Waals surface area contributed by atoms with Gasteiger partial charge in [-0.05, 0) is 49.5 Å². The van der Waals surface area contributed by atoms with Crippen molar-refractivity contribution in [2.45, 2.75) is 53.4 Å². The third-order valence-corrected chi connectivity index (χ3v) is 5.96. The van der Waals surface area contributed by atoms with Crippen LogP contribution in [0.25, 0.3) is 0 Å². The lowest BCUT2D eigenvalue weighted by molar-refractivity contribution is 0.167. The fraction of sp³-hybridized carbons (Fsp3) is 1.00. The maximum atomic E-state index is 11.7. The Bertz CT molecular complexity index is 409. The zero-order valence-electron chi connectivity index (χ0n) is 14.5. The van der Waals surface area contributed by atoms with Crippen LogP contribution in [0.1, 0.15) is 53.4 Å². The van der Waals surface area contributed by atoms with Crippen LogP contribution in [0.5, 0.6) is 0 Å². The van der Waals surface area contributed by atoms with E-state index in [1.807, 2.05) is 0 Å². The summed E-state index contributed by atoms with van der Waals surface area (Å²) in [5.74, 6) is 1.17. The van der Waals surface area contributed by atoms with Gasteiger partial charge >= 0.3 is 0 Å². The van der Waals surface area contributed by atoms with Crippen LogP contribution in [0.3, 0.4) is 0 Å². The second kappa shape index (κ2) is 7.93. The average molecular weight is 319 g/mol. The molecule has 0 bridgehead atoms. The normalized spacial score (nSPS) is 24.2. The Balaban J connectivity index is 2.55. The summed E-state index contributed by atoms with van der Waals surface area (Å²) in [5, 5.41) is 3.58. The summed E-state index contributed by atoms with van der Waals surface area (Å²) in [5.41, 5.74) is 0.264. The Morgan fingerprint density at radius 2 is 2.05 bits per heavy atom. The maximum Gasteiger partial charge on any atom is 0.211 e. The predicted molar refractivity (Wildman–Crippen MR) is 89.9 cm³/mol. The average Bonchev–Trinajstić information content (AvgIpc) is 2.37. The first-order valence-corrected chi connectivity index (χ1v) is 10.2. The van der Waals surface area contributed by atoms with Gasteiger partial charge in [-0.1, -0.05) is 27.7 Å². The molecule has 1 aliphatic heterocycles. The topological polar surface area (TPSA) is 49.4 Å². The van der Waals surface area contributed by atoms with E-state index in [0.717, 1.165) is 38.8 Å². The van der Waals surface area contributed by atoms with Crippen LogP contribution < -0.4 is 5.32 Å². The van der Waals surface area contributed by atoms with E-state index < -0.39 is 10.0 Å². The Morgan fingerprint density at radius 1 is 1.38 bits per heavy atom. The monoisotopic (exact) mass is 318 g/mol. The summed E-state index contributed by atoms with van der Waals surface area (Å²) in [4.78, 5) is 0. The molecule has 1 aliphatic rings. The quantitative estimate of drug-likeness (QED) is 0.748. The SMILES string of the molecule is CCC(C)(CNCC(C)C)CC1CCCN(S(C)(=O)=O)C1. The minimum atomic E-state index is -3.03. The number of sulfonamides is 1. The van der Waals surface area contributed by atoms with Crippen molar-refractivity contribution in [1.82, 2.24) is 9.62 Å². The minimum Gasteiger partial charge on any atom is -0.316 e. The van der Waals surface area contributed by atoms with E-state index in [1.54, 1.807) is 4.31 Å². The van der Waals surface area contributed by atoms with E-state index in [9.17, 15) is 8.42 Å². The highest BCUT2D eigenvalue weighted by Gasteiger charge is 2.31. The number of nitrogens with zero attached hydrogens (tertiary/aromatic N) is 1. The number of rotatable bonds is 8. The van der Waals surface area contributed by atoms with Crippen molar-refractivity contribution in [2.24, 2.45) is 17.3 Å². The molecule has 0 aromatic rings. The number of hydrogen-bond donors (Lipinski definition) is 1. The molecule has 1 saturated heterocycles. The van der Waals surface area contributed by atoms with Crippen molar-refractivity contribution >= 4 is 10.0 Å². The smallest absolute Gasteiger partial charge is 0.211 e. The van der Waals surface area contributed by atoms with Crippen molar-refractivity contribution in [3.05, 3.63) is 0 Å². The Morgan fingerprint density at radius 3 is 2.57 bits per heavy atom. The van der Waals surface area contributed by atoms with E-state index in [-0.39, 0.29) is 5.41 Å². The van der Waals surface area contributed by atoms with Gasteiger partial charge in [-0.2, -0.15) is 0 Å². The van der Waals surface area contributed by atoms with Gasteiger partial charge in [0.2, 0.25) is 10.0 Å². The van der Waals surface area contributed by atoms with Gasteiger partial charge in [0.05, 0.1) is 6.26 Å². The summed E-state index contributed by atoms with van der Waals surface area (Å²) in [6.07, 6.45) is 5.73. The Hall–Kier alpha value is -0.130. The summed E-state index contributed by atoms with van der Waals surface area (Å²) in [6.45, 7) is 12.5. The van der Waals surface area contributed by atoms with E-state index >= 15 is 0 Å². The van der Waals surface area contributed by atoms with Gasteiger partial charge in [0.25, 0.3) is 0 Å². The molecule has 4 nitrogen and oxygen atoms in total. The predicted octanol–water partition coefficient (Wildman–Crippen LogP) is 2.71. The third-order valence-electron chi connectivity index (χ3n) is 4.69. The molecule has 2 atom stereocenters. The molecule has 21 heavy (non-hydrogen) atoms. The Kier molecular flexibility index (Phi) is 7.14. The molecule has 0 aliphatic carbocycles. The summed E-state index contributed by atoms with van der Waals surface area (Å²) >= 11 is 0. The van der Waals surface area contributed by atoms with Crippen LogP contribution in [-0.4, -0.2) is 45.2 Å². The van der Waals surface area contributed by atoms with Crippen molar-refractivity contribution in [3.8, 4) is 0 Å². The minimum absolute atomic E-state index is 0.264. The van der Waals surface area contributed by atoms with Gasteiger partial charge in [0, 0.05) is 19.6 Å². The molecule has 5 heteroatoms. The lowest BCUT2D eigenvalue weighted by atomic mass is 9.76. The standard InChI is InChI=1S/C16H34N2O2S/c1-6-16(4,13-17-11-14(2)3)10-15-8-7-9-18(12-15)21(5,19)20/h14-15,17H,6-13H2,1-5H3. The zero-order chi connectivity index (χ0) is 16.1. The molecule has 0 saturated carbocycles. The largest absolute Gasteiger partial charge is 0.316 e. The fourth-order valence-electron chi connectivity index (χ4n) is 3.20. The second-order valence-electron chi connectivity index (χ2n) is 7.52. The number of nitrogens with one attached hydrogen (secondary N) is 1. The van der Waals surface area contributed by atoms with Gasteiger partial charge in [0.15, 0.2) is 0 Å². The van der Waals surface area contributed by atoms with Crippen LogP contribution in [0.4, 0.5) is 0 Å². The second-order valence-corrected chi connectivity index (χ2v) is 9.50. The van der Waals surface area contributed by atoms with Crippen molar-refractivity contribution in [2.75, 3.05) is 32.4 Å².